The van der Waals surface area contributed by atoms with Crippen LogP contribution in [-0.2, 0) is 0 Å². The molecular formula is C14H18N2O3. The Morgan fingerprint density at radius 3 is 2.74 bits per heavy atom. The number of amides is 1. The minimum atomic E-state index is -1.13. The van der Waals surface area contributed by atoms with Gasteiger partial charge in [-0.05, 0) is 36.8 Å². The van der Waals surface area contributed by atoms with Gasteiger partial charge in [0.2, 0.25) is 0 Å². The second kappa shape index (κ2) is 5.38. The van der Waals surface area contributed by atoms with E-state index >= 15 is 0 Å². The molecule has 0 saturated heterocycles. The summed E-state index contributed by atoms with van der Waals surface area (Å²) in [5, 5.41) is 11.7. The third kappa shape index (κ3) is 2.92. The smallest absolute Gasteiger partial charge is 0.354 e. The molecule has 0 unspecified atom stereocenters. The van der Waals surface area contributed by atoms with Crippen LogP contribution >= 0.6 is 0 Å². The molecule has 0 atom stereocenters. The maximum atomic E-state index is 12.0. The van der Waals surface area contributed by atoms with Gasteiger partial charge in [0.05, 0.1) is 0 Å². The summed E-state index contributed by atoms with van der Waals surface area (Å²) in [6.07, 6.45) is 5.93. The molecule has 0 aliphatic heterocycles. The molecule has 0 bridgehead atoms. The summed E-state index contributed by atoms with van der Waals surface area (Å²) < 4.78 is 0. The number of carboxylic acids is 1. The van der Waals surface area contributed by atoms with E-state index in [1.54, 1.807) is 0 Å². The van der Waals surface area contributed by atoms with Crippen LogP contribution in [0, 0.1) is 5.41 Å². The van der Waals surface area contributed by atoms with Crippen molar-refractivity contribution >= 4 is 11.9 Å². The Kier molecular flexibility index (Phi) is 3.83. The second-order valence-corrected chi connectivity index (χ2v) is 5.12. The quantitative estimate of drug-likeness (QED) is 0.851. The van der Waals surface area contributed by atoms with Crippen LogP contribution in [0.25, 0.3) is 0 Å². The zero-order chi connectivity index (χ0) is 13.9. The Morgan fingerprint density at radius 1 is 1.47 bits per heavy atom. The van der Waals surface area contributed by atoms with Gasteiger partial charge in [-0.15, -0.1) is 0 Å². The molecule has 5 nitrogen and oxygen atoms in total. The van der Waals surface area contributed by atoms with E-state index in [4.69, 9.17) is 5.11 Å². The fourth-order valence-electron chi connectivity index (χ4n) is 2.39. The SMILES string of the molecule is CCC1(CNC(=O)c2ccnc(C(=O)O)c2)CCC1. The number of pyridine rings is 1. The molecule has 1 aromatic heterocycles. The van der Waals surface area contributed by atoms with E-state index in [1.165, 1.54) is 24.8 Å². The predicted octanol–water partition coefficient (Wildman–Crippen LogP) is 2.09. The largest absolute Gasteiger partial charge is 0.477 e. The number of hydrogen-bond acceptors (Lipinski definition) is 3. The van der Waals surface area contributed by atoms with Crippen molar-refractivity contribution in [3.8, 4) is 0 Å². The van der Waals surface area contributed by atoms with Crippen LogP contribution in [0.1, 0.15) is 53.5 Å². The number of carbonyl (C=O) groups excluding carboxylic acids is 1. The number of nitrogens with one attached hydrogen (secondary N) is 1. The molecule has 1 heterocycles. The molecule has 102 valence electrons. The van der Waals surface area contributed by atoms with E-state index in [1.807, 2.05) is 0 Å². The fraction of sp³-hybridized carbons (Fsp3) is 0.500. The highest BCUT2D eigenvalue weighted by atomic mass is 16.4. The molecule has 1 aliphatic carbocycles. The Hall–Kier alpha value is -1.91. The zero-order valence-corrected chi connectivity index (χ0v) is 11.0. The summed E-state index contributed by atoms with van der Waals surface area (Å²) in [7, 11) is 0. The molecule has 2 rings (SSSR count). The second-order valence-electron chi connectivity index (χ2n) is 5.12. The average molecular weight is 262 g/mol. The average Bonchev–Trinajstić information content (AvgIpc) is 2.38. The van der Waals surface area contributed by atoms with Crippen molar-refractivity contribution in [2.75, 3.05) is 6.54 Å². The molecule has 0 spiro atoms. The van der Waals surface area contributed by atoms with Crippen molar-refractivity contribution in [3.63, 3.8) is 0 Å². The molecule has 1 amide bonds. The highest BCUT2D eigenvalue weighted by Crippen LogP contribution is 2.43. The van der Waals surface area contributed by atoms with Crippen molar-refractivity contribution in [2.45, 2.75) is 32.6 Å². The molecule has 1 saturated carbocycles. The molecule has 19 heavy (non-hydrogen) atoms. The Balaban J connectivity index is 2.00. The summed E-state index contributed by atoms with van der Waals surface area (Å²) in [6.45, 7) is 2.80. The minimum absolute atomic E-state index is 0.110. The van der Waals surface area contributed by atoms with Gasteiger partial charge in [-0.25, -0.2) is 9.78 Å². The fourth-order valence-corrected chi connectivity index (χ4v) is 2.39. The molecule has 0 aromatic carbocycles. The molecular weight excluding hydrogens is 244 g/mol. The summed E-state index contributed by atoms with van der Waals surface area (Å²) >= 11 is 0. The lowest BCUT2D eigenvalue weighted by Crippen LogP contribution is -2.41. The van der Waals surface area contributed by atoms with Gasteiger partial charge in [-0.1, -0.05) is 13.3 Å². The molecule has 1 fully saturated rings. The number of aromatic nitrogens is 1. The topological polar surface area (TPSA) is 79.3 Å². The maximum absolute atomic E-state index is 12.0. The van der Waals surface area contributed by atoms with Crippen LogP contribution in [-0.4, -0.2) is 28.5 Å². The van der Waals surface area contributed by atoms with E-state index in [0.29, 0.717) is 12.1 Å². The van der Waals surface area contributed by atoms with Crippen LogP contribution in [0.3, 0.4) is 0 Å². The standard InChI is InChI=1S/C14H18N2O3/c1-2-14(5-3-6-14)9-16-12(17)10-4-7-15-11(8-10)13(18)19/h4,7-8H,2-3,5-6,9H2,1H3,(H,16,17)(H,18,19). The lowest BCUT2D eigenvalue weighted by molar-refractivity contribution is 0.0690. The van der Waals surface area contributed by atoms with Gasteiger partial charge in [0.25, 0.3) is 5.91 Å². The first-order valence-electron chi connectivity index (χ1n) is 6.54. The maximum Gasteiger partial charge on any atom is 0.354 e. The van der Waals surface area contributed by atoms with Gasteiger partial charge in [0.1, 0.15) is 5.69 Å². The molecule has 1 aliphatic rings. The number of carboxylic acid groups (broad SMARTS) is 1. The van der Waals surface area contributed by atoms with Crippen LogP contribution < -0.4 is 5.32 Å². The highest BCUT2D eigenvalue weighted by molar-refractivity contribution is 5.96. The van der Waals surface area contributed by atoms with Gasteiger partial charge in [0, 0.05) is 18.3 Å². The predicted molar refractivity (Wildman–Crippen MR) is 70.1 cm³/mol. The summed E-state index contributed by atoms with van der Waals surface area (Å²) in [5.41, 5.74) is 0.484. The van der Waals surface area contributed by atoms with E-state index in [0.717, 1.165) is 19.3 Å². The lowest BCUT2D eigenvalue weighted by atomic mass is 9.67. The number of rotatable bonds is 5. The Labute approximate surface area is 112 Å². The third-order valence-electron chi connectivity index (χ3n) is 4.03. The van der Waals surface area contributed by atoms with Crippen molar-refractivity contribution < 1.29 is 14.7 Å². The third-order valence-corrected chi connectivity index (χ3v) is 4.03. The first-order valence-corrected chi connectivity index (χ1v) is 6.54. The van der Waals surface area contributed by atoms with Crippen molar-refractivity contribution in [1.82, 2.24) is 10.3 Å². The van der Waals surface area contributed by atoms with E-state index in [9.17, 15) is 9.59 Å². The highest BCUT2D eigenvalue weighted by Gasteiger charge is 2.35. The zero-order valence-electron chi connectivity index (χ0n) is 11.0. The van der Waals surface area contributed by atoms with E-state index < -0.39 is 5.97 Å². The van der Waals surface area contributed by atoms with E-state index in [-0.39, 0.29) is 17.0 Å². The van der Waals surface area contributed by atoms with Crippen molar-refractivity contribution in [2.24, 2.45) is 5.41 Å². The Bertz CT molecular complexity index is 490. The van der Waals surface area contributed by atoms with Crippen molar-refractivity contribution in [3.05, 3.63) is 29.6 Å². The van der Waals surface area contributed by atoms with Crippen LogP contribution in [0.2, 0.25) is 0 Å². The molecule has 5 heteroatoms. The first-order chi connectivity index (χ1) is 9.06. The molecule has 0 radical (unpaired) electrons. The lowest BCUT2D eigenvalue weighted by Gasteiger charge is -2.41. The van der Waals surface area contributed by atoms with Crippen molar-refractivity contribution in [1.29, 1.82) is 0 Å². The van der Waals surface area contributed by atoms with Crippen LogP contribution in [0.15, 0.2) is 18.3 Å². The van der Waals surface area contributed by atoms with Gasteiger partial charge in [-0.2, -0.15) is 0 Å². The summed E-state index contributed by atoms with van der Waals surface area (Å²) in [5.74, 6) is -1.36. The molecule has 1 aromatic rings. The van der Waals surface area contributed by atoms with Gasteiger partial charge >= 0.3 is 5.97 Å². The Morgan fingerprint density at radius 2 is 2.21 bits per heavy atom. The number of aromatic carboxylic acids is 1. The monoisotopic (exact) mass is 262 g/mol. The van der Waals surface area contributed by atoms with E-state index in [2.05, 4.69) is 17.2 Å². The van der Waals surface area contributed by atoms with Gasteiger partial charge in [0.15, 0.2) is 0 Å². The van der Waals surface area contributed by atoms with Gasteiger partial charge in [-0.3, -0.25) is 4.79 Å². The van der Waals surface area contributed by atoms with Crippen LogP contribution in [0.5, 0.6) is 0 Å². The first kappa shape index (κ1) is 13.5. The number of nitrogens with zero attached hydrogens (tertiary/aromatic N) is 1. The minimum Gasteiger partial charge on any atom is -0.477 e. The number of carbonyl (C=O) groups is 2. The summed E-state index contributed by atoms with van der Waals surface area (Å²) in [4.78, 5) is 26.5. The number of hydrogen-bond donors (Lipinski definition) is 2. The van der Waals surface area contributed by atoms with Crippen LogP contribution in [0.4, 0.5) is 0 Å². The van der Waals surface area contributed by atoms with Gasteiger partial charge < -0.3 is 10.4 Å². The summed E-state index contributed by atoms with van der Waals surface area (Å²) in [6, 6.07) is 2.83. The molecule has 2 N–H and O–H groups in total. The normalized spacial score (nSPS) is 16.5.